The van der Waals surface area contributed by atoms with Gasteiger partial charge in [-0.3, -0.25) is 0 Å². The fourth-order valence-electron chi connectivity index (χ4n) is 2.97. The van der Waals surface area contributed by atoms with Crippen LogP contribution in [0.1, 0.15) is 6.92 Å². The average molecular weight is 405 g/mol. The van der Waals surface area contributed by atoms with Crippen molar-refractivity contribution < 1.29 is 9.47 Å². The molecular formula is C28H23NO2. The predicted octanol–water partition coefficient (Wildman–Crippen LogP) is 7.45. The Morgan fingerprint density at radius 1 is 0.613 bits per heavy atom. The van der Waals surface area contributed by atoms with Gasteiger partial charge in [-0.15, -0.1) is 0 Å². The van der Waals surface area contributed by atoms with Crippen LogP contribution in [0.25, 0.3) is 11.1 Å². The molecule has 31 heavy (non-hydrogen) atoms. The van der Waals surface area contributed by atoms with Crippen LogP contribution in [0.5, 0.6) is 11.5 Å². The van der Waals surface area contributed by atoms with E-state index in [1.807, 2.05) is 110 Å². The number of benzene rings is 4. The molecule has 4 aromatic rings. The first-order chi connectivity index (χ1) is 15.3. The molecule has 3 heteroatoms. The Hall–Kier alpha value is -4.11. The zero-order valence-corrected chi connectivity index (χ0v) is 17.3. The van der Waals surface area contributed by atoms with Gasteiger partial charge in [0.15, 0.2) is 0 Å². The Balaban J connectivity index is 1.53. The van der Waals surface area contributed by atoms with E-state index in [1.54, 1.807) is 6.26 Å². The molecule has 0 saturated carbocycles. The van der Waals surface area contributed by atoms with E-state index in [9.17, 15) is 0 Å². The number of aliphatic imine (C=N–C) groups is 1. The lowest BCUT2D eigenvalue weighted by Gasteiger charge is -2.10. The highest BCUT2D eigenvalue weighted by Gasteiger charge is 2.08. The van der Waals surface area contributed by atoms with Crippen molar-refractivity contribution in [2.24, 2.45) is 4.99 Å². The number of hydrogen-bond acceptors (Lipinski definition) is 3. The molecule has 0 saturated heterocycles. The van der Waals surface area contributed by atoms with Crippen molar-refractivity contribution in [3.63, 3.8) is 0 Å². The van der Waals surface area contributed by atoms with Gasteiger partial charge in [0.2, 0.25) is 5.90 Å². The standard InChI is InChI=1S/C28H23NO2/c1-22(21-30-26-19-17-24(18-20-26)23-11-5-2-6-12-23)28(29-25-13-7-3-8-14-25)31-27-15-9-4-10-16-27/h2-21H,1H3/b22-21+,29-28?. The second kappa shape index (κ2) is 10.1. The van der Waals surface area contributed by atoms with Crippen molar-refractivity contribution in [1.82, 2.24) is 0 Å². The first-order valence-electron chi connectivity index (χ1n) is 10.1. The lowest BCUT2D eigenvalue weighted by atomic mass is 10.1. The molecule has 0 N–H and O–H groups in total. The number of ether oxygens (including phenoxy) is 2. The Morgan fingerprint density at radius 2 is 1.16 bits per heavy atom. The molecule has 0 radical (unpaired) electrons. The van der Waals surface area contributed by atoms with E-state index in [2.05, 4.69) is 17.1 Å². The van der Waals surface area contributed by atoms with Crippen LogP contribution in [-0.2, 0) is 0 Å². The van der Waals surface area contributed by atoms with Gasteiger partial charge < -0.3 is 9.47 Å². The highest BCUT2D eigenvalue weighted by atomic mass is 16.5. The lowest BCUT2D eigenvalue weighted by Crippen LogP contribution is -2.10. The summed E-state index contributed by atoms with van der Waals surface area (Å²) in [5.41, 5.74) is 3.91. The zero-order valence-electron chi connectivity index (χ0n) is 17.3. The molecule has 0 aliphatic heterocycles. The Kier molecular flexibility index (Phi) is 6.56. The maximum Gasteiger partial charge on any atom is 0.225 e. The Bertz CT molecular complexity index is 1150. The minimum atomic E-state index is 0.485. The molecule has 4 rings (SSSR count). The van der Waals surface area contributed by atoms with Crippen molar-refractivity contribution in [2.75, 3.05) is 0 Å². The number of para-hydroxylation sites is 2. The fourth-order valence-corrected chi connectivity index (χ4v) is 2.97. The van der Waals surface area contributed by atoms with E-state index < -0.39 is 0 Å². The Labute approximate surface area is 182 Å². The summed E-state index contributed by atoms with van der Waals surface area (Å²) in [6, 6.07) is 37.6. The molecular weight excluding hydrogens is 382 g/mol. The summed E-state index contributed by atoms with van der Waals surface area (Å²) in [6.45, 7) is 1.92. The molecule has 4 aromatic carbocycles. The van der Waals surface area contributed by atoms with Crippen LogP contribution < -0.4 is 9.47 Å². The van der Waals surface area contributed by atoms with Crippen molar-refractivity contribution in [3.05, 3.63) is 127 Å². The summed E-state index contributed by atoms with van der Waals surface area (Å²) in [5.74, 6) is 1.95. The van der Waals surface area contributed by atoms with E-state index in [4.69, 9.17) is 9.47 Å². The van der Waals surface area contributed by atoms with Crippen LogP contribution in [0.2, 0.25) is 0 Å². The summed E-state index contributed by atoms with van der Waals surface area (Å²) in [5, 5.41) is 0. The maximum atomic E-state index is 6.05. The molecule has 0 bridgehead atoms. The van der Waals surface area contributed by atoms with Crippen molar-refractivity contribution >= 4 is 11.6 Å². The molecule has 0 aliphatic rings. The summed E-state index contributed by atoms with van der Waals surface area (Å²) < 4.78 is 11.9. The lowest BCUT2D eigenvalue weighted by molar-refractivity contribution is 0.473. The zero-order chi connectivity index (χ0) is 21.3. The largest absolute Gasteiger partial charge is 0.465 e. The summed E-state index contributed by atoms with van der Waals surface area (Å²) in [4.78, 5) is 4.67. The van der Waals surface area contributed by atoms with E-state index in [0.717, 1.165) is 28.3 Å². The second-order valence-electron chi connectivity index (χ2n) is 6.98. The van der Waals surface area contributed by atoms with Gasteiger partial charge in [-0.2, -0.15) is 0 Å². The summed E-state index contributed by atoms with van der Waals surface area (Å²) in [7, 11) is 0. The third-order valence-electron chi connectivity index (χ3n) is 4.62. The van der Waals surface area contributed by atoms with E-state index in [-0.39, 0.29) is 0 Å². The van der Waals surface area contributed by atoms with Gasteiger partial charge in [-0.1, -0.05) is 78.9 Å². The summed E-state index contributed by atoms with van der Waals surface area (Å²) in [6.07, 6.45) is 1.67. The molecule has 3 nitrogen and oxygen atoms in total. The molecule has 0 spiro atoms. The topological polar surface area (TPSA) is 30.8 Å². The average Bonchev–Trinajstić information content (AvgIpc) is 2.84. The van der Waals surface area contributed by atoms with Gasteiger partial charge in [0.25, 0.3) is 0 Å². The third kappa shape index (κ3) is 5.71. The minimum Gasteiger partial charge on any atom is -0.465 e. The predicted molar refractivity (Wildman–Crippen MR) is 127 cm³/mol. The molecule has 0 aromatic heterocycles. The van der Waals surface area contributed by atoms with Crippen LogP contribution in [-0.4, -0.2) is 5.90 Å². The SMILES string of the molecule is C/C(=C\Oc1ccc(-c2ccccc2)cc1)C(=Nc1ccccc1)Oc1ccccc1. The van der Waals surface area contributed by atoms with Crippen LogP contribution in [0, 0.1) is 0 Å². The van der Waals surface area contributed by atoms with Gasteiger partial charge in [0.1, 0.15) is 11.5 Å². The number of nitrogens with zero attached hydrogens (tertiary/aromatic N) is 1. The minimum absolute atomic E-state index is 0.485. The van der Waals surface area contributed by atoms with Crippen LogP contribution in [0.15, 0.2) is 132 Å². The van der Waals surface area contributed by atoms with Crippen LogP contribution in [0.3, 0.4) is 0 Å². The smallest absolute Gasteiger partial charge is 0.225 e. The van der Waals surface area contributed by atoms with E-state index >= 15 is 0 Å². The highest BCUT2D eigenvalue weighted by Crippen LogP contribution is 2.23. The van der Waals surface area contributed by atoms with Crippen molar-refractivity contribution in [3.8, 4) is 22.6 Å². The quantitative estimate of drug-likeness (QED) is 0.189. The molecule has 0 unspecified atom stereocenters. The highest BCUT2D eigenvalue weighted by molar-refractivity contribution is 5.96. The molecule has 0 fully saturated rings. The third-order valence-corrected chi connectivity index (χ3v) is 4.62. The maximum absolute atomic E-state index is 6.05. The monoisotopic (exact) mass is 405 g/mol. The molecule has 0 atom stereocenters. The van der Waals surface area contributed by atoms with Gasteiger partial charge in [-0.25, -0.2) is 4.99 Å². The van der Waals surface area contributed by atoms with Crippen LogP contribution >= 0.6 is 0 Å². The van der Waals surface area contributed by atoms with E-state index in [1.165, 1.54) is 5.56 Å². The van der Waals surface area contributed by atoms with Gasteiger partial charge >= 0.3 is 0 Å². The second-order valence-corrected chi connectivity index (χ2v) is 6.98. The molecule has 0 amide bonds. The van der Waals surface area contributed by atoms with Gasteiger partial charge in [-0.05, 0) is 54.4 Å². The van der Waals surface area contributed by atoms with Gasteiger partial charge in [0.05, 0.1) is 11.9 Å². The first kappa shape index (κ1) is 20.2. The Morgan fingerprint density at radius 3 is 1.81 bits per heavy atom. The van der Waals surface area contributed by atoms with Gasteiger partial charge in [0, 0.05) is 5.57 Å². The van der Waals surface area contributed by atoms with Crippen molar-refractivity contribution in [1.29, 1.82) is 0 Å². The molecule has 0 heterocycles. The number of hydrogen-bond donors (Lipinski definition) is 0. The van der Waals surface area contributed by atoms with Crippen LogP contribution in [0.4, 0.5) is 5.69 Å². The first-order valence-corrected chi connectivity index (χ1v) is 10.1. The molecule has 0 aliphatic carbocycles. The summed E-state index contributed by atoms with van der Waals surface area (Å²) >= 11 is 0. The number of rotatable bonds is 6. The van der Waals surface area contributed by atoms with Crippen molar-refractivity contribution in [2.45, 2.75) is 6.92 Å². The normalized spacial score (nSPS) is 11.8. The van der Waals surface area contributed by atoms with E-state index in [0.29, 0.717) is 5.90 Å². The molecule has 152 valence electrons. The fraction of sp³-hybridized carbons (Fsp3) is 0.0357.